The van der Waals surface area contributed by atoms with Crippen LogP contribution in [0.5, 0.6) is 11.5 Å². The van der Waals surface area contributed by atoms with Gasteiger partial charge in [-0.15, -0.1) is 0 Å². The average molecular weight is 512 g/mol. The molecule has 0 unspecified atom stereocenters. The number of anilines is 1. The minimum Gasteiger partial charge on any atom is -0.497 e. The normalized spacial score (nSPS) is 10.7. The number of nitro groups is 1. The first-order valence-electron chi connectivity index (χ1n) is 9.74. The van der Waals surface area contributed by atoms with Crippen molar-refractivity contribution in [2.24, 2.45) is 0 Å². The molecule has 0 aromatic heterocycles. The van der Waals surface area contributed by atoms with Crippen LogP contribution in [0.1, 0.15) is 15.9 Å². The van der Waals surface area contributed by atoms with Crippen molar-refractivity contribution in [3.63, 3.8) is 0 Å². The van der Waals surface area contributed by atoms with Crippen molar-refractivity contribution >= 4 is 52.5 Å². The maximum atomic E-state index is 12.5. The standard InChI is InChI=1S/C24H15Cl2N3O6/c1-34-18-6-3-15(4-7-18)24(31)35-22-9-2-14(11-19(22)26)10-16(13-27)23(30)28-20-8-5-17(25)12-21(20)29(32)33/h2-12H,1H3,(H,28,30). The lowest BCUT2D eigenvalue weighted by Crippen LogP contribution is -2.14. The second kappa shape index (κ2) is 11.2. The summed E-state index contributed by atoms with van der Waals surface area (Å²) >= 11 is 12.0. The summed E-state index contributed by atoms with van der Waals surface area (Å²) in [6.45, 7) is 0. The lowest BCUT2D eigenvalue weighted by atomic mass is 10.1. The molecule has 3 rings (SSSR count). The molecule has 9 nitrogen and oxygen atoms in total. The number of rotatable bonds is 7. The first-order chi connectivity index (χ1) is 16.7. The summed E-state index contributed by atoms with van der Waals surface area (Å²) in [6, 6.07) is 16.0. The minimum atomic E-state index is -0.871. The Morgan fingerprint density at radius 3 is 2.40 bits per heavy atom. The quantitative estimate of drug-likeness (QED) is 0.108. The van der Waals surface area contributed by atoms with Gasteiger partial charge in [-0.1, -0.05) is 29.3 Å². The highest BCUT2D eigenvalue weighted by Gasteiger charge is 2.19. The average Bonchev–Trinajstić information content (AvgIpc) is 2.84. The van der Waals surface area contributed by atoms with Gasteiger partial charge in [0.1, 0.15) is 28.8 Å². The van der Waals surface area contributed by atoms with E-state index in [0.29, 0.717) is 11.3 Å². The molecule has 0 aliphatic rings. The van der Waals surface area contributed by atoms with E-state index in [4.69, 9.17) is 32.7 Å². The number of hydrogen-bond acceptors (Lipinski definition) is 7. The van der Waals surface area contributed by atoms with Gasteiger partial charge in [0, 0.05) is 11.1 Å². The lowest BCUT2D eigenvalue weighted by Gasteiger charge is -2.08. The summed E-state index contributed by atoms with van der Waals surface area (Å²) in [5.41, 5.74) is -0.242. The van der Waals surface area contributed by atoms with Crippen LogP contribution in [-0.4, -0.2) is 23.9 Å². The Bertz CT molecular complexity index is 1380. The van der Waals surface area contributed by atoms with Gasteiger partial charge >= 0.3 is 5.97 Å². The molecule has 0 aliphatic carbocycles. The Labute approximate surface area is 209 Å². The van der Waals surface area contributed by atoms with Gasteiger partial charge in [0.05, 0.1) is 22.6 Å². The van der Waals surface area contributed by atoms with Crippen molar-refractivity contribution in [1.82, 2.24) is 0 Å². The third-order valence-electron chi connectivity index (χ3n) is 4.57. The Hall–Kier alpha value is -4.39. The molecular weight excluding hydrogens is 497 g/mol. The van der Waals surface area contributed by atoms with Gasteiger partial charge in [-0.2, -0.15) is 5.26 Å². The number of nitro benzene ring substituents is 1. The van der Waals surface area contributed by atoms with Crippen molar-refractivity contribution in [2.45, 2.75) is 0 Å². The zero-order valence-corrected chi connectivity index (χ0v) is 19.5. The van der Waals surface area contributed by atoms with Crippen molar-refractivity contribution in [1.29, 1.82) is 5.26 Å². The number of nitrogens with zero attached hydrogens (tertiary/aromatic N) is 2. The van der Waals surface area contributed by atoms with Gasteiger partial charge in [-0.25, -0.2) is 4.79 Å². The monoisotopic (exact) mass is 511 g/mol. The molecule has 3 aromatic rings. The van der Waals surface area contributed by atoms with E-state index in [2.05, 4.69) is 5.32 Å². The largest absolute Gasteiger partial charge is 0.497 e. The molecule has 3 aromatic carbocycles. The third kappa shape index (κ3) is 6.35. The number of carbonyl (C=O) groups excluding carboxylic acids is 2. The number of ether oxygens (including phenoxy) is 2. The SMILES string of the molecule is COc1ccc(C(=O)Oc2ccc(C=C(C#N)C(=O)Nc3ccc(Cl)cc3[N+](=O)[O-])cc2Cl)cc1. The molecule has 35 heavy (non-hydrogen) atoms. The third-order valence-corrected chi connectivity index (χ3v) is 5.10. The van der Waals surface area contributed by atoms with Crippen LogP contribution in [0.2, 0.25) is 10.0 Å². The summed E-state index contributed by atoms with van der Waals surface area (Å²) < 4.78 is 10.4. The van der Waals surface area contributed by atoms with Gasteiger partial charge in [0.2, 0.25) is 0 Å². The van der Waals surface area contributed by atoms with E-state index in [1.807, 2.05) is 0 Å². The number of nitriles is 1. The number of carbonyl (C=O) groups is 2. The molecule has 0 saturated heterocycles. The highest BCUT2D eigenvalue weighted by Crippen LogP contribution is 2.29. The molecule has 0 radical (unpaired) electrons. The van der Waals surface area contributed by atoms with Gasteiger partial charge < -0.3 is 14.8 Å². The van der Waals surface area contributed by atoms with Crippen LogP contribution < -0.4 is 14.8 Å². The molecule has 0 saturated carbocycles. The zero-order chi connectivity index (χ0) is 25.5. The van der Waals surface area contributed by atoms with Crippen molar-refractivity contribution in [3.05, 3.63) is 97.5 Å². The number of hydrogen-bond donors (Lipinski definition) is 1. The number of methoxy groups -OCH3 is 1. The molecule has 176 valence electrons. The molecule has 1 N–H and O–H groups in total. The predicted molar refractivity (Wildman–Crippen MR) is 130 cm³/mol. The summed E-state index contributed by atoms with van der Waals surface area (Å²) in [5.74, 6) is -0.855. The van der Waals surface area contributed by atoms with Crippen LogP contribution in [0.4, 0.5) is 11.4 Å². The second-order valence-corrected chi connectivity index (χ2v) is 7.69. The fraction of sp³-hybridized carbons (Fsp3) is 0.0417. The lowest BCUT2D eigenvalue weighted by molar-refractivity contribution is -0.383. The van der Waals surface area contributed by atoms with Crippen molar-refractivity contribution in [3.8, 4) is 17.6 Å². The van der Waals surface area contributed by atoms with E-state index >= 15 is 0 Å². The van der Waals surface area contributed by atoms with Crippen LogP contribution in [0.15, 0.2) is 66.2 Å². The molecule has 0 heterocycles. The first kappa shape index (κ1) is 25.2. The zero-order valence-electron chi connectivity index (χ0n) is 18.0. The van der Waals surface area contributed by atoms with Crippen LogP contribution >= 0.6 is 23.2 Å². The summed E-state index contributed by atoms with van der Waals surface area (Å²) in [7, 11) is 1.51. The number of amides is 1. The number of esters is 1. The van der Waals surface area contributed by atoms with Crippen LogP contribution in [0.25, 0.3) is 6.08 Å². The highest BCUT2D eigenvalue weighted by atomic mass is 35.5. The summed E-state index contributed by atoms with van der Waals surface area (Å²) in [4.78, 5) is 35.4. The summed E-state index contributed by atoms with van der Waals surface area (Å²) in [6.07, 6.45) is 1.23. The molecule has 0 atom stereocenters. The highest BCUT2D eigenvalue weighted by molar-refractivity contribution is 6.32. The molecule has 1 amide bonds. The number of benzene rings is 3. The van der Waals surface area contributed by atoms with Crippen molar-refractivity contribution in [2.75, 3.05) is 12.4 Å². The van der Waals surface area contributed by atoms with Gasteiger partial charge in [0.25, 0.3) is 11.6 Å². The molecule has 0 spiro atoms. The van der Waals surface area contributed by atoms with E-state index < -0.39 is 22.5 Å². The van der Waals surface area contributed by atoms with E-state index in [1.165, 1.54) is 55.7 Å². The van der Waals surface area contributed by atoms with E-state index in [9.17, 15) is 25.0 Å². The van der Waals surface area contributed by atoms with E-state index in [0.717, 1.165) is 6.07 Å². The predicted octanol–water partition coefficient (Wildman–Crippen LogP) is 5.68. The summed E-state index contributed by atoms with van der Waals surface area (Å²) in [5, 5.41) is 23.1. The number of halogens is 2. The smallest absolute Gasteiger partial charge is 0.343 e. The Morgan fingerprint density at radius 1 is 1.09 bits per heavy atom. The molecule has 0 aliphatic heterocycles. The fourth-order valence-corrected chi connectivity index (χ4v) is 3.24. The molecule has 0 bridgehead atoms. The van der Waals surface area contributed by atoms with Gasteiger partial charge in [-0.05, 0) is 60.2 Å². The maximum Gasteiger partial charge on any atom is 0.343 e. The van der Waals surface area contributed by atoms with Crippen LogP contribution in [-0.2, 0) is 4.79 Å². The van der Waals surface area contributed by atoms with E-state index in [-0.39, 0.29) is 32.6 Å². The Kier molecular flexibility index (Phi) is 8.04. The van der Waals surface area contributed by atoms with Crippen molar-refractivity contribution < 1.29 is 24.0 Å². The Balaban J connectivity index is 1.77. The van der Waals surface area contributed by atoms with Crippen LogP contribution in [0, 0.1) is 21.4 Å². The van der Waals surface area contributed by atoms with E-state index in [1.54, 1.807) is 18.2 Å². The van der Waals surface area contributed by atoms with Gasteiger partial charge in [0.15, 0.2) is 0 Å². The first-order valence-corrected chi connectivity index (χ1v) is 10.5. The fourth-order valence-electron chi connectivity index (χ4n) is 2.84. The molecule has 0 fully saturated rings. The topological polar surface area (TPSA) is 132 Å². The second-order valence-electron chi connectivity index (χ2n) is 6.85. The minimum absolute atomic E-state index is 0.0617. The molecule has 11 heteroatoms. The number of nitrogens with one attached hydrogen (secondary N) is 1. The molecular formula is C24H15Cl2N3O6. The van der Waals surface area contributed by atoms with Crippen LogP contribution in [0.3, 0.4) is 0 Å². The maximum absolute atomic E-state index is 12.5. The van der Waals surface area contributed by atoms with Gasteiger partial charge in [-0.3, -0.25) is 14.9 Å². The Morgan fingerprint density at radius 2 is 1.80 bits per heavy atom.